The number of anilines is 1. The van der Waals surface area contributed by atoms with E-state index in [1.165, 1.54) is 4.90 Å². The number of benzene rings is 2. The van der Waals surface area contributed by atoms with Crippen LogP contribution >= 0.6 is 0 Å². The minimum absolute atomic E-state index is 0.0321. The summed E-state index contributed by atoms with van der Waals surface area (Å²) in [6.45, 7) is 7.31. The van der Waals surface area contributed by atoms with Gasteiger partial charge in [-0.2, -0.15) is 0 Å². The van der Waals surface area contributed by atoms with Crippen molar-refractivity contribution >= 4 is 17.5 Å². The third kappa shape index (κ3) is 4.81. The van der Waals surface area contributed by atoms with Gasteiger partial charge in [0, 0.05) is 11.3 Å². The zero-order valence-electron chi connectivity index (χ0n) is 17.8. The molecule has 0 saturated carbocycles. The number of ether oxygens (including phenoxy) is 3. The molecule has 0 aromatic heterocycles. The molecule has 0 spiro atoms. The predicted octanol–water partition coefficient (Wildman–Crippen LogP) is 0.743. The molecular formula is C23H28N3O5+. The summed E-state index contributed by atoms with van der Waals surface area (Å²) < 4.78 is 16.4. The van der Waals surface area contributed by atoms with Gasteiger partial charge in [-0.05, 0) is 43.2 Å². The van der Waals surface area contributed by atoms with Gasteiger partial charge >= 0.3 is 11.8 Å². The molecule has 1 saturated heterocycles. The maximum atomic E-state index is 12.6. The third-order valence-electron chi connectivity index (χ3n) is 5.82. The summed E-state index contributed by atoms with van der Waals surface area (Å²) in [5.74, 6) is 0.102. The summed E-state index contributed by atoms with van der Waals surface area (Å²) in [5.41, 5.74) is 3.53. The highest BCUT2D eigenvalue weighted by molar-refractivity contribution is 6.39. The fourth-order valence-electron chi connectivity index (χ4n) is 4.07. The van der Waals surface area contributed by atoms with E-state index >= 15 is 0 Å². The molecule has 4 rings (SSSR count). The van der Waals surface area contributed by atoms with Crippen molar-refractivity contribution in [2.45, 2.75) is 19.9 Å². The number of rotatable bonds is 5. The lowest BCUT2D eigenvalue weighted by Gasteiger charge is -2.32. The van der Waals surface area contributed by atoms with Gasteiger partial charge in [-0.15, -0.1) is 0 Å². The highest BCUT2D eigenvalue weighted by atomic mass is 16.7. The average molecular weight is 426 g/mol. The van der Waals surface area contributed by atoms with E-state index in [-0.39, 0.29) is 12.8 Å². The van der Waals surface area contributed by atoms with Crippen molar-refractivity contribution in [2.24, 2.45) is 0 Å². The lowest BCUT2D eigenvalue weighted by molar-refractivity contribution is -0.937. The molecule has 8 heteroatoms. The minimum Gasteiger partial charge on any atom is -0.454 e. The molecule has 2 aromatic carbocycles. The maximum absolute atomic E-state index is 12.6. The van der Waals surface area contributed by atoms with Crippen LogP contribution in [0, 0.1) is 13.8 Å². The standard InChI is InChI=1S/C23H27N3O5/c1-15-4-3-5-16(2)21(15)25-23(28)22(27)24-13-18(26-8-10-29-11-9-26)17-6-7-19-20(12-17)31-14-30-19/h3-7,12,18H,8-11,13-14H2,1-2H3,(H,24,27)(H,25,28)/p+1/t18-/m0/s1. The van der Waals surface area contributed by atoms with Crippen LogP contribution in [0.3, 0.4) is 0 Å². The Balaban J connectivity index is 1.45. The number of amides is 2. The molecule has 164 valence electrons. The number of morpholine rings is 1. The number of carbonyl (C=O) groups is 2. The Morgan fingerprint density at radius 1 is 1.00 bits per heavy atom. The van der Waals surface area contributed by atoms with Crippen LogP contribution in [0.25, 0.3) is 0 Å². The first-order chi connectivity index (χ1) is 15.0. The van der Waals surface area contributed by atoms with Crippen LogP contribution < -0.4 is 25.0 Å². The lowest BCUT2D eigenvalue weighted by atomic mass is 10.0. The molecule has 8 nitrogen and oxygen atoms in total. The van der Waals surface area contributed by atoms with Gasteiger partial charge in [-0.1, -0.05) is 18.2 Å². The van der Waals surface area contributed by atoms with Gasteiger partial charge in [0.2, 0.25) is 6.79 Å². The minimum atomic E-state index is -0.668. The van der Waals surface area contributed by atoms with Crippen LogP contribution in [0.4, 0.5) is 5.69 Å². The van der Waals surface area contributed by atoms with Crippen molar-refractivity contribution in [1.82, 2.24) is 5.32 Å². The van der Waals surface area contributed by atoms with E-state index in [1.807, 2.05) is 50.2 Å². The van der Waals surface area contributed by atoms with E-state index in [0.29, 0.717) is 31.2 Å². The number of hydrogen-bond donors (Lipinski definition) is 3. The Kier molecular flexibility index (Phi) is 6.39. The van der Waals surface area contributed by atoms with Crippen molar-refractivity contribution in [3.05, 3.63) is 53.1 Å². The summed E-state index contributed by atoms with van der Waals surface area (Å²) in [6, 6.07) is 11.5. The summed E-state index contributed by atoms with van der Waals surface area (Å²) in [4.78, 5) is 26.4. The Labute approximate surface area is 181 Å². The van der Waals surface area contributed by atoms with Crippen LogP contribution in [-0.4, -0.2) is 51.5 Å². The van der Waals surface area contributed by atoms with E-state index in [0.717, 1.165) is 35.5 Å². The van der Waals surface area contributed by atoms with E-state index in [4.69, 9.17) is 14.2 Å². The van der Waals surface area contributed by atoms with E-state index in [9.17, 15) is 9.59 Å². The Morgan fingerprint density at radius 2 is 1.71 bits per heavy atom. The first-order valence-corrected chi connectivity index (χ1v) is 10.5. The molecule has 31 heavy (non-hydrogen) atoms. The van der Waals surface area contributed by atoms with Crippen molar-refractivity contribution in [3.8, 4) is 11.5 Å². The number of para-hydroxylation sites is 1. The molecule has 0 radical (unpaired) electrons. The smallest absolute Gasteiger partial charge is 0.313 e. The molecule has 1 atom stereocenters. The third-order valence-corrected chi connectivity index (χ3v) is 5.82. The zero-order chi connectivity index (χ0) is 21.8. The number of fused-ring (bicyclic) bond motifs is 1. The fourth-order valence-corrected chi connectivity index (χ4v) is 4.07. The second-order valence-electron chi connectivity index (χ2n) is 7.87. The molecule has 3 N–H and O–H groups in total. The molecule has 2 heterocycles. The van der Waals surface area contributed by atoms with Crippen LogP contribution in [0.1, 0.15) is 22.7 Å². The molecule has 1 fully saturated rings. The van der Waals surface area contributed by atoms with E-state index in [2.05, 4.69) is 10.6 Å². The number of nitrogens with one attached hydrogen (secondary N) is 3. The second-order valence-corrected chi connectivity index (χ2v) is 7.87. The number of hydrogen-bond acceptors (Lipinski definition) is 5. The summed E-state index contributed by atoms with van der Waals surface area (Å²) >= 11 is 0. The van der Waals surface area contributed by atoms with Crippen LogP contribution in [0.15, 0.2) is 36.4 Å². The van der Waals surface area contributed by atoms with Crippen LogP contribution in [0.2, 0.25) is 0 Å². The molecular weight excluding hydrogens is 398 g/mol. The monoisotopic (exact) mass is 426 g/mol. The van der Waals surface area contributed by atoms with Gasteiger partial charge in [0.25, 0.3) is 0 Å². The average Bonchev–Trinajstić information content (AvgIpc) is 3.25. The first kappa shape index (κ1) is 21.1. The molecule has 2 aromatic rings. The summed E-state index contributed by atoms with van der Waals surface area (Å²) in [7, 11) is 0. The number of carbonyl (C=O) groups excluding carboxylic acids is 2. The molecule has 0 unspecified atom stereocenters. The van der Waals surface area contributed by atoms with Crippen molar-refractivity contribution in [3.63, 3.8) is 0 Å². The lowest BCUT2D eigenvalue weighted by Crippen LogP contribution is -3.15. The second kappa shape index (κ2) is 9.36. The summed E-state index contributed by atoms with van der Waals surface area (Å²) in [5, 5.41) is 5.56. The zero-order valence-corrected chi connectivity index (χ0v) is 17.8. The molecule has 2 aliphatic heterocycles. The topological polar surface area (TPSA) is 90.3 Å². The SMILES string of the molecule is Cc1cccc(C)c1NC(=O)C(=O)NC[C@@H](c1ccc2c(c1)OCO2)[NH+]1CCOCC1. The first-order valence-electron chi connectivity index (χ1n) is 10.5. The van der Waals surface area contributed by atoms with Gasteiger partial charge in [0.15, 0.2) is 11.5 Å². The van der Waals surface area contributed by atoms with Crippen molar-refractivity contribution in [2.75, 3.05) is 45.0 Å². The quantitative estimate of drug-likeness (QED) is 0.614. The molecule has 2 aliphatic rings. The largest absolute Gasteiger partial charge is 0.454 e. The number of aryl methyl sites for hydroxylation is 2. The Morgan fingerprint density at radius 3 is 2.45 bits per heavy atom. The molecule has 0 aliphatic carbocycles. The maximum Gasteiger partial charge on any atom is 0.313 e. The Bertz CT molecular complexity index is 951. The van der Waals surface area contributed by atoms with Gasteiger partial charge in [0.1, 0.15) is 19.1 Å². The van der Waals surface area contributed by atoms with Gasteiger partial charge in [0.05, 0.1) is 19.8 Å². The van der Waals surface area contributed by atoms with Crippen LogP contribution in [0.5, 0.6) is 11.5 Å². The van der Waals surface area contributed by atoms with Crippen molar-refractivity contribution < 1.29 is 28.7 Å². The van der Waals surface area contributed by atoms with Gasteiger partial charge in [-0.3, -0.25) is 9.59 Å². The summed E-state index contributed by atoms with van der Waals surface area (Å²) in [6.07, 6.45) is 0. The van der Waals surface area contributed by atoms with E-state index in [1.54, 1.807) is 0 Å². The molecule has 0 bridgehead atoms. The highest BCUT2D eigenvalue weighted by Gasteiger charge is 2.29. The van der Waals surface area contributed by atoms with Crippen LogP contribution in [-0.2, 0) is 14.3 Å². The molecule has 2 amide bonds. The number of quaternary nitrogens is 1. The normalized spacial score (nSPS) is 16.6. The van der Waals surface area contributed by atoms with Gasteiger partial charge in [-0.25, -0.2) is 0 Å². The van der Waals surface area contributed by atoms with Gasteiger partial charge < -0.3 is 29.7 Å². The van der Waals surface area contributed by atoms with Crippen molar-refractivity contribution in [1.29, 1.82) is 0 Å². The predicted molar refractivity (Wildman–Crippen MR) is 114 cm³/mol. The fraction of sp³-hybridized carbons (Fsp3) is 0.391. The highest BCUT2D eigenvalue weighted by Crippen LogP contribution is 2.33. The Hall–Kier alpha value is -3.10. The van der Waals surface area contributed by atoms with E-state index < -0.39 is 11.8 Å².